The largest absolute Gasteiger partial charge is 0.327 e. The molecule has 0 fully saturated rings. The number of aryl methyl sites for hydroxylation is 1. The average Bonchev–Trinajstić information content (AvgIpc) is 2.25. The topological polar surface area (TPSA) is 26.0 Å². The first-order valence-corrected chi connectivity index (χ1v) is 5.32. The van der Waals surface area contributed by atoms with Crippen LogP contribution in [-0.4, -0.2) is 6.54 Å². The maximum absolute atomic E-state index is 5.39. The van der Waals surface area contributed by atoms with Gasteiger partial charge in [-0.05, 0) is 24.0 Å². The van der Waals surface area contributed by atoms with Gasteiger partial charge in [0.25, 0.3) is 0 Å². The number of rotatable bonds is 5. The quantitative estimate of drug-likeness (QED) is 0.757. The summed E-state index contributed by atoms with van der Waals surface area (Å²) in [5.74, 6) is 0. The van der Waals surface area contributed by atoms with Gasteiger partial charge in [0.15, 0.2) is 0 Å². The fourth-order valence-electron chi connectivity index (χ4n) is 1.38. The molecule has 0 bridgehead atoms. The predicted octanol–water partition coefficient (Wildman–Crippen LogP) is 3.00. The van der Waals surface area contributed by atoms with Crippen LogP contribution in [0.4, 0.5) is 0 Å². The van der Waals surface area contributed by atoms with Gasteiger partial charge in [-0.1, -0.05) is 49.8 Å². The number of hydrogen-bond donors (Lipinski definition) is 1. The van der Waals surface area contributed by atoms with Gasteiger partial charge in [-0.3, -0.25) is 0 Å². The van der Waals surface area contributed by atoms with Gasteiger partial charge in [0.2, 0.25) is 0 Å². The van der Waals surface area contributed by atoms with Gasteiger partial charge >= 0.3 is 0 Å². The molecule has 0 atom stereocenters. The Morgan fingerprint density at radius 3 is 2.50 bits per heavy atom. The zero-order valence-electron chi connectivity index (χ0n) is 8.87. The van der Waals surface area contributed by atoms with Crippen molar-refractivity contribution in [1.29, 1.82) is 0 Å². The highest BCUT2D eigenvalue weighted by Gasteiger charge is 1.91. The Kier molecular flexibility index (Phi) is 5.02. The lowest BCUT2D eigenvalue weighted by atomic mass is 10.1. The van der Waals surface area contributed by atoms with E-state index in [2.05, 4.69) is 37.3 Å². The Morgan fingerprint density at radius 2 is 1.93 bits per heavy atom. The Hall–Kier alpha value is -1.08. The summed E-state index contributed by atoms with van der Waals surface area (Å²) in [6, 6.07) is 8.70. The van der Waals surface area contributed by atoms with E-state index in [-0.39, 0.29) is 0 Å². The molecular weight excluding hydrogens is 170 g/mol. The number of hydrogen-bond acceptors (Lipinski definition) is 1. The van der Waals surface area contributed by atoms with Crippen LogP contribution in [-0.2, 0) is 6.42 Å². The van der Waals surface area contributed by atoms with Crippen LogP contribution in [0.15, 0.2) is 30.3 Å². The predicted molar refractivity (Wildman–Crippen MR) is 63.1 cm³/mol. The molecule has 0 unspecified atom stereocenters. The minimum atomic E-state index is 0.609. The van der Waals surface area contributed by atoms with Crippen LogP contribution in [0, 0.1) is 0 Å². The van der Waals surface area contributed by atoms with E-state index in [1.807, 2.05) is 6.08 Å². The van der Waals surface area contributed by atoms with Gasteiger partial charge in [0, 0.05) is 6.54 Å². The van der Waals surface area contributed by atoms with E-state index >= 15 is 0 Å². The van der Waals surface area contributed by atoms with E-state index in [1.54, 1.807) is 0 Å². The standard InChI is InChI=1S/C13H19N/c1-2-3-5-12-7-9-13(10-8-12)6-4-11-14/h4,6-10H,2-3,5,11,14H2,1H3/b6-4+. The third-order valence-corrected chi connectivity index (χ3v) is 2.25. The van der Waals surface area contributed by atoms with Crippen LogP contribution >= 0.6 is 0 Å². The lowest BCUT2D eigenvalue weighted by molar-refractivity contribution is 0.795. The molecular formula is C13H19N. The zero-order valence-corrected chi connectivity index (χ0v) is 8.87. The van der Waals surface area contributed by atoms with Crippen LogP contribution in [0.1, 0.15) is 30.9 Å². The van der Waals surface area contributed by atoms with E-state index in [1.165, 1.54) is 30.4 Å². The summed E-state index contributed by atoms with van der Waals surface area (Å²) in [6.07, 6.45) is 7.76. The lowest BCUT2D eigenvalue weighted by Crippen LogP contribution is -1.92. The summed E-state index contributed by atoms with van der Waals surface area (Å²) in [4.78, 5) is 0. The Morgan fingerprint density at radius 1 is 1.21 bits per heavy atom. The second-order valence-electron chi connectivity index (χ2n) is 3.48. The lowest BCUT2D eigenvalue weighted by Gasteiger charge is -2.00. The molecule has 76 valence electrons. The third-order valence-electron chi connectivity index (χ3n) is 2.25. The Labute approximate surface area is 86.6 Å². The molecule has 0 amide bonds. The summed E-state index contributed by atoms with van der Waals surface area (Å²) in [6.45, 7) is 2.83. The summed E-state index contributed by atoms with van der Waals surface area (Å²) >= 11 is 0. The molecule has 1 rings (SSSR count). The van der Waals surface area contributed by atoms with Gasteiger partial charge in [-0.2, -0.15) is 0 Å². The molecule has 1 aromatic carbocycles. The van der Waals surface area contributed by atoms with Crippen LogP contribution in [0.5, 0.6) is 0 Å². The first-order valence-electron chi connectivity index (χ1n) is 5.32. The summed E-state index contributed by atoms with van der Waals surface area (Å²) in [5.41, 5.74) is 8.04. The first kappa shape index (κ1) is 11.0. The molecule has 0 heterocycles. The highest BCUT2D eigenvalue weighted by atomic mass is 14.5. The van der Waals surface area contributed by atoms with E-state index in [4.69, 9.17) is 5.73 Å². The first-order chi connectivity index (χ1) is 6.86. The molecule has 0 aromatic heterocycles. The summed E-state index contributed by atoms with van der Waals surface area (Å²) < 4.78 is 0. The molecule has 0 aliphatic carbocycles. The molecule has 0 saturated carbocycles. The van der Waals surface area contributed by atoms with E-state index in [9.17, 15) is 0 Å². The second kappa shape index (κ2) is 6.39. The third kappa shape index (κ3) is 3.75. The maximum Gasteiger partial charge on any atom is 0.0110 e. The molecule has 1 heteroatoms. The summed E-state index contributed by atoms with van der Waals surface area (Å²) in [7, 11) is 0. The van der Waals surface area contributed by atoms with Crippen molar-refractivity contribution in [1.82, 2.24) is 0 Å². The molecule has 0 aliphatic heterocycles. The number of unbranched alkanes of at least 4 members (excludes halogenated alkanes) is 1. The van der Waals surface area contributed by atoms with Crippen LogP contribution in [0.2, 0.25) is 0 Å². The van der Waals surface area contributed by atoms with Crippen molar-refractivity contribution in [3.8, 4) is 0 Å². The Bertz CT molecular complexity index is 272. The molecule has 0 radical (unpaired) electrons. The molecule has 0 saturated heterocycles. The molecule has 1 nitrogen and oxygen atoms in total. The van der Waals surface area contributed by atoms with E-state index in [0.29, 0.717) is 6.54 Å². The molecule has 1 aromatic rings. The normalized spacial score (nSPS) is 11.0. The van der Waals surface area contributed by atoms with Crippen LogP contribution in [0.25, 0.3) is 6.08 Å². The molecule has 2 N–H and O–H groups in total. The number of benzene rings is 1. The van der Waals surface area contributed by atoms with Crippen molar-refractivity contribution in [2.45, 2.75) is 26.2 Å². The van der Waals surface area contributed by atoms with Crippen LogP contribution < -0.4 is 5.73 Å². The second-order valence-corrected chi connectivity index (χ2v) is 3.48. The van der Waals surface area contributed by atoms with Gasteiger partial charge in [-0.25, -0.2) is 0 Å². The highest BCUT2D eigenvalue weighted by molar-refractivity contribution is 5.49. The van der Waals surface area contributed by atoms with Gasteiger partial charge in [-0.15, -0.1) is 0 Å². The van der Waals surface area contributed by atoms with Crippen molar-refractivity contribution in [3.63, 3.8) is 0 Å². The fourth-order valence-corrected chi connectivity index (χ4v) is 1.38. The minimum absolute atomic E-state index is 0.609. The van der Waals surface area contributed by atoms with Gasteiger partial charge in [0.05, 0.1) is 0 Å². The van der Waals surface area contributed by atoms with E-state index < -0.39 is 0 Å². The van der Waals surface area contributed by atoms with Crippen LogP contribution in [0.3, 0.4) is 0 Å². The van der Waals surface area contributed by atoms with Gasteiger partial charge in [0.1, 0.15) is 0 Å². The van der Waals surface area contributed by atoms with Crippen molar-refractivity contribution in [2.75, 3.05) is 6.54 Å². The Balaban J connectivity index is 2.54. The number of nitrogens with two attached hydrogens (primary N) is 1. The average molecular weight is 189 g/mol. The molecule has 0 spiro atoms. The maximum atomic E-state index is 5.39. The smallest absolute Gasteiger partial charge is 0.0110 e. The minimum Gasteiger partial charge on any atom is -0.327 e. The SMILES string of the molecule is CCCCc1ccc(/C=C/CN)cc1. The van der Waals surface area contributed by atoms with E-state index in [0.717, 1.165) is 0 Å². The fraction of sp³-hybridized carbons (Fsp3) is 0.385. The highest BCUT2D eigenvalue weighted by Crippen LogP contribution is 2.08. The zero-order chi connectivity index (χ0) is 10.2. The summed E-state index contributed by atoms with van der Waals surface area (Å²) in [5, 5.41) is 0. The van der Waals surface area contributed by atoms with Crippen molar-refractivity contribution >= 4 is 6.08 Å². The van der Waals surface area contributed by atoms with Crippen molar-refractivity contribution in [2.24, 2.45) is 5.73 Å². The molecule has 14 heavy (non-hydrogen) atoms. The van der Waals surface area contributed by atoms with Gasteiger partial charge < -0.3 is 5.73 Å². The monoisotopic (exact) mass is 189 g/mol. The van der Waals surface area contributed by atoms with Crippen molar-refractivity contribution < 1.29 is 0 Å². The molecule has 0 aliphatic rings. The van der Waals surface area contributed by atoms with Crippen molar-refractivity contribution in [3.05, 3.63) is 41.5 Å².